The minimum absolute atomic E-state index is 0.111. The second-order valence-corrected chi connectivity index (χ2v) is 6.74. The van der Waals surface area contributed by atoms with Gasteiger partial charge in [0.2, 0.25) is 23.6 Å². The molecule has 4 N–H and O–H groups in total. The highest BCUT2D eigenvalue weighted by atomic mass is 16.3. The average molecular weight is 370 g/mol. The molecule has 9 heteroatoms. The van der Waals surface area contributed by atoms with E-state index in [2.05, 4.69) is 15.6 Å². The molecular weight excluding hydrogens is 352 g/mol. The number of rotatable bonds is 3. The number of nitrogens with one attached hydrogen (secondary N) is 2. The number of piperidine rings is 1. The Kier molecular flexibility index (Phi) is 4.06. The van der Waals surface area contributed by atoms with Crippen LogP contribution in [0, 0.1) is 0 Å². The van der Waals surface area contributed by atoms with E-state index in [-0.39, 0.29) is 41.9 Å². The Morgan fingerprint density at radius 1 is 1.22 bits per heavy atom. The quantitative estimate of drug-likeness (QED) is 0.478. The van der Waals surface area contributed by atoms with Gasteiger partial charge in [-0.25, -0.2) is 9.79 Å². The zero-order valence-electron chi connectivity index (χ0n) is 14.3. The van der Waals surface area contributed by atoms with E-state index in [0.717, 1.165) is 17.4 Å². The van der Waals surface area contributed by atoms with Crippen LogP contribution < -0.4 is 10.6 Å². The fraction of sp³-hybridized carbons (Fsp3) is 0.333. The van der Waals surface area contributed by atoms with Gasteiger partial charge < -0.3 is 15.5 Å². The summed E-state index contributed by atoms with van der Waals surface area (Å²) >= 11 is 0. The molecule has 1 aliphatic carbocycles. The number of aliphatic imine (C=N–C) groups is 1. The SMILES string of the molecule is O=C1CCC(n2c(O)c3cccc(C=NC(=O)NC4CC4)c3c2O)C(=O)N1. The predicted molar refractivity (Wildman–Crippen MR) is 95.8 cm³/mol. The average Bonchev–Trinajstić information content (AvgIpc) is 3.41. The third kappa shape index (κ3) is 3.12. The van der Waals surface area contributed by atoms with Crippen LogP contribution in [0.3, 0.4) is 0 Å². The van der Waals surface area contributed by atoms with Crippen LogP contribution >= 0.6 is 0 Å². The van der Waals surface area contributed by atoms with Crippen molar-refractivity contribution in [2.24, 2.45) is 4.99 Å². The minimum Gasteiger partial charge on any atom is -0.494 e. The predicted octanol–water partition coefficient (Wildman–Crippen LogP) is 1.32. The lowest BCUT2D eigenvalue weighted by atomic mass is 10.1. The van der Waals surface area contributed by atoms with Crippen LogP contribution in [-0.4, -0.2) is 44.9 Å². The third-order valence-corrected chi connectivity index (χ3v) is 4.77. The Morgan fingerprint density at radius 3 is 2.70 bits per heavy atom. The minimum atomic E-state index is -0.905. The topological polar surface area (TPSA) is 133 Å². The maximum Gasteiger partial charge on any atom is 0.341 e. The molecule has 0 bridgehead atoms. The van der Waals surface area contributed by atoms with Crippen LogP contribution in [-0.2, 0) is 9.59 Å². The molecule has 1 unspecified atom stereocenters. The van der Waals surface area contributed by atoms with E-state index in [1.165, 1.54) is 6.21 Å². The number of imide groups is 1. The number of urea groups is 1. The van der Waals surface area contributed by atoms with Crippen molar-refractivity contribution in [1.29, 1.82) is 0 Å². The highest BCUT2D eigenvalue weighted by Gasteiger charge is 2.33. The Balaban J connectivity index is 1.72. The van der Waals surface area contributed by atoms with E-state index in [4.69, 9.17) is 0 Å². The smallest absolute Gasteiger partial charge is 0.341 e. The van der Waals surface area contributed by atoms with Crippen LogP contribution in [0.5, 0.6) is 11.8 Å². The highest BCUT2D eigenvalue weighted by molar-refractivity contribution is 6.08. The number of fused-ring (bicyclic) bond motifs is 1. The van der Waals surface area contributed by atoms with Gasteiger partial charge in [0.1, 0.15) is 6.04 Å². The number of aromatic hydroxyl groups is 2. The molecule has 2 fully saturated rings. The van der Waals surface area contributed by atoms with Gasteiger partial charge in [-0.2, -0.15) is 0 Å². The van der Waals surface area contributed by atoms with Crippen LogP contribution in [0.1, 0.15) is 37.3 Å². The van der Waals surface area contributed by atoms with Crippen molar-refractivity contribution >= 4 is 34.8 Å². The number of nitrogens with zero attached hydrogens (tertiary/aromatic N) is 2. The van der Waals surface area contributed by atoms with Gasteiger partial charge in [0, 0.05) is 29.6 Å². The zero-order chi connectivity index (χ0) is 19.1. The van der Waals surface area contributed by atoms with E-state index in [0.29, 0.717) is 10.9 Å². The molecule has 1 aliphatic heterocycles. The fourth-order valence-corrected chi connectivity index (χ4v) is 3.26. The third-order valence-electron chi connectivity index (χ3n) is 4.77. The van der Waals surface area contributed by atoms with Gasteiger partial charge in [-0.1, -0.05) is 12.1 Å². The van der Waals surface area contributed by atoms with Gasteiger partial charge in [0.15, 0.2) is 0 Å². The number of carbonyl (C=O) groups excluding carboxylic acids is 3. The summed E-state index contributed by atoms with van der Waals surface area (Å²) in [5.41, 5.74) is 0.428. The first kappa shape index (κ1) is 17.1. The molecule has 27 heavy (non-hydrogen) atoms. The summed E-state index contributed by atoms with van der Waals surface area (Å²) in [6.07, 6.45) is 3.48. The van der Waals surface area contributed by atoms with E-state index in [1.54, 1.807) is 18.2 Å². The summed E-state index contributed by atoms with van der Waals surface area (Å²) in [7, 11) is 0. The van der Waals surface area contributed by atoms with Crippen molar-refractivity contribution in [1.82, 2.24) is 15.2 Å². The number of aromatic nitrogens is 1. The molecule has 140 valence electrons. The summed E-state index contributed by atoms with van der Waals surface area (Å²) in [5, 5.41) is 26.8. The summed E-state index contributed by atoms with van der Waals surface area (Å²) in [6.45, 7) is 0. The Bertz CT molecular complexity index is 989. The molecule has 0 radical (unpaired) electrons. The molecule has 0 spiro atoms. The number of benzene rings is 1. The van der Waals surface area contributed by atoms with Crippen molar-refractivity contribution in [3.8, 4) is 11.8 Å². The van der Waals surface area contributed by atoms with E-state index < -0.39 is 18.0 Å². The molecule has 4 amide bonds. The van der Waals surface area contributed by atoms with Gasteiger partial charge >= 0.3 is 6.03 Å². The summed E-state index contributed by atoms with van der Waals surface area (Å²) in [5.74, 6) is -1.58. The summed E-state index contributed by atoms with van der Waals surface area (Å²) in [4.78, 5) is 39.1. The second kappa shape index (κ2) is 6.42. The lowest BCUT2D eigenvalue weighted by Gasteiger charge is -2.23. The van der Waals surface area contributed by atoms with Gasteiger partial charge in [0.05, 0.1) is 5.39 Å². The molecule has 1 atom stereocenters. The van der Waals surface area contributed by atoms with Crippen molar-refractivity contribution < 1.29 is 24.6 Å². The molecule has 2 heterocycles. The maximum atomic E-state index is 12.1. The molecule has 9 nitrogen and oxygen atoms in total. The normalized spacial score (nSPS) is 20.2. The molecular formula is C18H18N4O5. The van der Waals surface area contributed by atoms with Crippen LogP contribution in [0.25, 0.3) is 10.8 Å². The van der Waals surface area contributed by atoms with E-state index in [1.807, 2.05) is 0 Å². The lowest BCUT2D eigenvalue weighted by Crippen LogP contribution is -2.41. The molecule has 1 aromatic heterocycles. The molecule has 1 saturated heterocycles. The molecule has 1 aromatic carbocycles. The van der Waals surface area contributed by atoms with Crippen LogP contribution in [0.15, 0.2) is 23.2 Å². The van der Waals surface area contributed by atoms with E-state index >= 15 is 0 Å². The van der Waals surface area contributed by atoms with Gasteiger partial charge in [-0.05, 0) is 25.3 Å². The van der Waals surface area contributed by atoms with Crippen molar-refractivity contribution in [3.05, 3.63) is 23.8 Å². The fourth-order valence-electron chi connectivity index (χ4n) is 3.26. The standard InChI is InChI=1S/C18H18N4O5/c23-13-7-6-12(15(24)21-13)22-16(25)11-3-1-2-9(14(11)17(22)26)8-19-18(27)20-10-4-5-10/h1-3,8,10,12,25-26H,4-7H2,(H,20,27)(H,21,23,24). The Morgan fingerprint density at radius 2 is 2.00 bits per heavy atom. The summed E-state index contributed by atoms with van der Waals surface area (Å²) in [6, 6.07) is 3.69. The van der Waals surface area contributed by atoms with Crippen LogP contribution in [0.4, 0.5) is 4.79 Å². The second-order valence-electron chi connectivity index (χ2n) is 6.74. The number of carbonyl (C=O) groups is 3. The monoisotopic (exact) mass is 370 g/mol. The largest absolute Gasteiger partial charge is 0.494 e. The Hall–Kier alpha value is -3.36. The van der Waals surface area contributed by atoms with Crippen molar-refractivity contribution in [2.45, 2.75) is 37.8 Å². The van der Waals surface area contributed by atoms with Gasteiger partial charge in [-0.15, -0.1) is 0 Å². The molecule has 2 aromatic rings. The lowest BCUT2D eigenvalue weighted by molar-refractivity contribution is -0.135. The maximum absolute atomic E-state index is 12.1. The Labute approximate surface area is 153 Å². The van der Waals surface area contributed by atoms with Crippen molar-refractivity contribution in [3.63, 3.8) is 0 Å². The van der Waals surface area contributed by atoms with Crippen molar-refractivity contribution in [2.75, 3.05) is 0 Å². The molecule has 1 saturated carbocycles. The first-order chi connectivity index (χ1) is 13.0. The van der Waals surface area contributed by atoms with Gasteiger partial charge in [-0.3, -0.25) is 19.5 Å². The number of hydrogen-bond acceptors (Lipinski definition) is 5. The molecule has 2 aliphatic rings. The number of hydrogen-bond donors (Lipinski definition) is 4. The summed E-state index contributed by atoms with van der Waals surface area (Å²) < 4.78 is 1.11. The number of amides is 4. The zero-order valence-corrected chi connectivity index (χ0v) is 14.3. The van der Waals surface area contributed by atoms with Crippen LogP contribution in [0.2, 0.25) is 0 Å². The van der Waals surface area contributed by atoms with Gasteiger partial charge in [0.25, 0.3) is 0 Å². The highest BCUT2D eigenvalue weighted by Crippen LogP contribution is 2.41. The molecule has 4 rings (SSSR count). The van der Waals surface area contributed by atoms with E-state index in [9.17, 15) is 24.6 Å². The first-order valence-electron chi connectivity index (χ1n) is 8.69. The first-order valence-corrected chi connectivity index (χ1v) is 8.69.